The summed E-state index contributed by atoms with van der Waals surface area (Å²) in [5.74, 6) is 2.29. The van der Waals surface area contributed by atoms with Crippen LogP contribution in [0.3, 0.4) is 0 Å². The fraction of sp³-hybridized carbons (Fsp3) is 0.333. The Morgan fingerprint density at radius 1 is 0.967 bits per heavy atom. The summed E-state index contributed by atoms with van der Waals surface area (Å²) >= 11 is 0. The van der Waals surface area contributed by atoms with Gasteiger partial charge in [-0.05, 0) is 37.1 Å². The molecule has 0 unspecified atom stereocenters. The van der Waals surface area contributed by atoms with Gasteiger partial charge < -0.3 is 14.4 Å². The Kier molecular flexibility index (Phi) is 4.92. The fourth-order valence-corrected chi connectivity index (χ4v) is 4.78. The van der Waals surface area contributed by atoms with Crippen molar-refractivity contribution in [3.63, 3.8) is 0 Å². The van der Waals surface area contributed by atoms with Gasteiger partial charge in [0, 0.05) is 24.5 Å². The van der Waals surface area contributed by atoms with Crippen molar-refractivity contribution in [1.29, 1.82) is 0 Å². The molecule has 1 saturated heterocycles. The van der Waals surface area contributed by atoms with Gasteiger partial charge in [-0.3, -0.25) is 0 Å². The minimum Gasteiger partial charge on any atom is -0.486 e. The van der Waals surface area contributed by atoms with E-state index in [9.17, 15) is 8.42 Å². The highest BCUT2D eigenvalue weighted by atomic mass is 32.2. The molecule has 0 atom stereocenters. The smallest absolute Gasteiger partial charge is 0.241 e. The maximum absolute atomic E-state index is 12.8. The molecule has 2 aliphatic rings. The van der Waals surface area contributed by atoms with E-state index in [4.69, 9.17) is 14.5 Å². The van der Waals surface area contributed by atoms with E-state index in [0.717, 1.165) is 42.7 Å². The lowest BCUT2D eigenvalue weighted by Gasteiger charge is -2.20. The third-order valence-electron chi connectivity index (χ3n) is 5.28. The Morgan fingerprint density at radius 3 is 2.57 bits per heavy atom. The largest absolute Gasteiger partial charge is 0.486 e. The molecule has 9 heteroatoms. The van der Waals surface area contributed by atoms with Crippen molar-refractivity contribution in [2.45, 2.75) is 24.3 Å². The van der Waals surface area contributed by atoms with Crippen LogP contribution in [-0.4, -0.2) is 44.7 Å². The molecule has 5 rings (SSSR count). The highest BCUT2D eigenvalue weighted by Gasteiger charge is 2.21. The van der Waals surface area contributed by atoms with E-state index >= 15 is 0 Å². The summed E-state index contributed by atoms with van der Waals surface area (Å²) in [6.45, 7) is 2.75. The van der Waals surface area contributed by atoms with Crippen molar-refractivity contribution < 1.29 is 17.9 Å². The zero-order chi connectivity index (χ0) is 20.6. The van der Waals surface area contributed by atoms with Gasteiger partial charge >= 0.3 is 0 Å². The summed E-state index contributed by atoms with van der Waals surface area (Å²) in [6, 6.07) is 12.4. The van der Waals surface area contributed by atoms with Gasteiger partial charge in [-0.15, -0.1) is 0 Å². The Hall–Kier alpha value is -2.91. The van der Waals surface area contributed by atoms with Crippen molar-refractivity contribution in [2.24, 2.45) is 0 Å². The molecule has 8 nitrogen and oxygen atoms in total. The molecule has 0 amide bonds. The number of aromatic nitrogens is 2. The topological polar surface area (TPSA) is 93.7 Å². The van der Waals surface area contributed by atoms with E-state index in [1.54, 1.807) is 6.07 Å². The van der Waals surface area contributed by atoms with Crippen molar-refractivity contribution in [3.8, 4) is 11.5 Å². The van der Waals surface area contributed by atoms with E-state index in [-0.39, 0.29) is 11.4 Å². The van der Waals surface area contributed by atoms with Crippen molar-refractivity contribution >= 4 is 26.7 Å². The molecular formula is C21H22N4O4S. The van der Waals surface area contributed by atoms with E-state index < -0.39 is 10.0 Å². The zero-order valence-electron chi connectivity index (χ0n) is 16.4. The molecule has 1 fully saturated rings. The van der Waals surface area contributed by atoms with E-state index in [1.165, 1.54) is 12.1 Å². The van der Waals surface area contributed by atoms with Crippen molar-refractivity contribution in [2.75, 3.05) is 31.2 Å². The first-order valence-corrected chi connectivity index (χ1v) is 11.5. The summed E-state index contributed by atoms with van der Waals surface area (Å²) in [5, 5.41) is 0.984. The standard InChI is InChI=1S/C21H22N4O4S/c26-30(27,15-7-8-18-19(13-15)29-12-11-28-18)22-14-20-23-17-6-2-1-5-16(17)21(24-20)25-9-3-4-10-25/h1-2,5-8,13,22H,3-4,9-12,14H2. The SMILES string of the molecule is O=S(=O)(NCc1nc(N2CCCC2)c2ccccc2n1)c1ccc2c(c1)OCCO2. The van der Waals surface area contributed by atoms with Crippen LogP contribution < -0.4 is 19.1 Å². The number of ether oxygens (including phenoxy) is 2. The molecule has 3 heterocycles. The lowest BCUT2D eigenvalue weighted by molar-refractivity contribution is 0.171. The molecule has 0 radical (unpaired) electrons. The second-order valence-electron chi connectivity index (χ2n) is 7.30. The zero-order valence-corrected chi connectivity index (χ0v) is 17.2. The number of nitrogens with zero attached hydrogens (tertiary/aromatic N) is 3. The molecule has 0 bridgehead atoms. The van der Waals surface area contributed by atoms with Gasteiger partial charge in [0.05, 0.1) is 17.0 Å². The quantitative estimate of drug-likeness (QED) is 0.670. The summed E-state index contributed by atoms with van der Waals surface area (Å²) < 4.78 is 39.2. The average Bonchev–Trinajstić information content (AvgIpc) is 3.31. The van der Waals surface area contributed by atoms with Gasteiger partial charge in [0.25, 0.3) is 0 Å². The van der Waals surface area contributed by atoms with Gasteiger partial charge in [-0.2, -0.15) is 0 Å². The Morgan fingerprint density at radius 2 is 1.73 bits per heavy atom. The third-order valence-corrected chi connectivity index (χ3v) is 6.68. The van der Waals surface area contributed by atoms with Crippen LogP contribution >= 0.6 is 0 Å². The summed E-state index contributed by atoms with van der Waals surface area (Å²) in [7, 11) is -3.76. The minimum atomic E-state index is -3.76. The molecule has 0 spiro atoms. The van der Waals surface area contributed by atoms with Crippen LogP contribution in [0.1, 0.15) is 18.7 Å². The monoisotopic (exact) mass is 426 g/mol. The van der Waals surface area contributed by atoms with Crippen LogP contribution in [0.5, 0.6) is 11.5 Å². The Balaban J connectivity index is 1.41. The van der Waals surface area contributed by atoms with Crippen LogP contribution in [0.15, 0.2) is 47.4 Å². The maximum atomic E-state index is 12.8. The van der Waals surface area contributed by atoms with E-state index in [2.05, 4.69) is 14.6 Å². The summed E-state index contributed by atoms with van der Waals surface area (Å²) in [5.41, 5.74) is 0.808. The van der Waals surface area contributed by atoms with Crippen LogP contribution in [0.2, 0.25) is 0 Å². The number of rotatable bonds is 5. The lowest BCUT2D eigenvalue weighted by Crippen LogP contribution is -2.26. The lowest BCUT2D eigenvalue weighted by atomic mass is 10.2. The summed E-state index contributed by atoms with van der Waals surface area (Å²) in [6.07, 6.45) is 2.26. The third kappa shape index (κ3) is 3.66. The molecule has 2 aromatic carbocycles. The molecule has 0 aliphatic carbocycles. The number of nitrogens with one attached hydrogen (secondary N) is 1. The number of anilines is 1. The number of para-hydroxylation sites is 1. The average molecular weight is 426 g/mol. The molecule has 156 valence electrons. The molecule has 3 aromatic rings. The number of sulfonamides is 1. The predicted molar refractivity (Wildman–Crippen MR) is 112 cm³/mol. The number of hydrogen-bond acceptors (Lipinski definition) is 7. The number of benzene rings is 2. The molecule has 1 aromatic heterocycles. The van der Waals surface area contributed by atoms with Crippen molar-refractivity contribution in [1.82, 2.24) is 14.7 Å². The Bertz CT molecular complexity index is 1190. The minimum absolute atomic E-state index is 0.00243. The molecule has 0 saturated carbocycles. The van der Waals surface area contributed by atoms with Crippen LogP contribution in [0.4, 0.5) is 5.82 Å². The highest BCUT2D eigenvalue weighted by molar-refractivity contribution is 7.89. The first-order chi connectivity index (χ1) is 14.6. The second-order valence-corrected chi connectivity index (χ2v) is 9.07. The number of hydrogen-bond donors (Lipinski definition) is 1. The first kappa shape index (κ1) is 19.1. The van der Waals surface area contributed by atoms with E-state index in [1.807, 2.05) is 24.3 Å². The van der Waals surface area contributed by atoms with E-state index in [0.29, 0.717) is 30.5 Å². The van der Waals surface area contributed by atoms with Crippen LogP contribution in [0, 0.1) is 0 Å². The highest BCUT2D eigenvalue weighted by Crippen LogP contribution is 2.32. The van der Waals surface area contributed by atoms with Crippen LogP contribution in [-0.2, 0) is 16.6 Å². The normalized spacial score (nSPS) is 16.2. The first-order valence-electron chi connectivity index (χ1n) is 10.0. The van der Waals surface area contributed by atoms with Gasteiger partial charge in [0.1, 0.15) is 24.9 Å². The van der Waals surface area contributed by atoms with Gasteiger partial charge in [0.15, 0.2) is 11.5 Å². The Labute approximate surface area is 174 Å². The van der Waals surface area contributed by atoms with Gasteiger partial charge in [-0.1, -0.05) is 12.1 Å². The summed E-state index contributed by atoms with van der Waals surface area (Å²) in [4.78, 5) is 11.6. The molecular weight excluding hydrogens is 404 g/mol. The predicted octanol–water partition coefficient (Wildman–Crippen LogP) is 2.48. The van der Waals surface area contributed by atoms with Gasteiger partial charge in [-0.25, -0.2) is 23.1 Å². The molecule has 30 heavy (non-hydrogen) atoms. The van der Waals surface area contributed by atoms with Crippen LogP contribution in [0.25, 0.3) is 10.9 Å². The van der Waals surface area contributed by atoms with Gasteiger partial charge in [0.2, 0.25) is 10.0 Å². The second kappa shape index (κ2) is 7.73. The molecule has 1 N–H and O–H groups in total. The maximum Gasteiger partial charge on any atom is 0.241 e. The number of fused-ring (bicyclic) bond motifs is 2. The van der Waals surface area contributed by atoms with Crippen molar-refractivity contribution in [3.05, 3.63) is 48.3 Å². The fourth-order valence-electron chi connectivity index (χ4n) is 3.79. The molecule has 2 aliphatic heterocycles.